The molecule has 0 aliphatic carbocycles. The molecular weight excluding hydrogens is 288 g/mol. The topological polar surface area (TPSA) is 32.3 Å². The van der Waals surface area contributed by atoms with Gasteiger partial charge in [-0.25, -0.2) is 0 Å². The first-order valence-corrected chi connectivity index (χ1v) is 6.38. The maximum Gasteiger partial charge on any atom is 0.228 e. The number of carbonyl (C=O) groups excluding carboxylic acids is 1. The lowest BCUT2D eigenvalue weighted by molar-refractivity contribution is -0.117. The molecule has 0 bridgehead atoms. The van der Waals surface area contributed by atoms with Crippen LogP contribution in [0.4, 0.5) is 11.4 Å². The molecule has 1 atom stereocenters. The molecule has 1 heterocycles. The zero-order valence-electron chi connectivity index (χ0n) is 8.90. The van der Waals surface area contributed by atoms with E-state index in [9.17, 15) is 4.79 Å². The van der Waals surface area contributed by atoms with Crippen molar-refractivity contribution in [3.8, 4) is 0 Å². The van der Waals surface area contributed by atoms with Gasteiger partial charge in [0.25, 0.3) is 0 Å². The van der Waals surface area contributed by atoms with Gasteiger partial charge in [-0.05, 0) is 18.2 Å². The van der Waals surface area contributed by atoms with Crippen molar-refractivity contribution in [3.63, 3.8) is 0 Å². The van der Waals surface area contributed by atoms with Gasteiger partial charge >= 0.3 is 0 Å². The summed E-state index contributed by atoms with van der Waals surface area (Å²) in [6.07, 6.45) is 0.516. The van der Waals surface area contributed by atoms with Crippen LogP contribution in [0.5, 0.6) is 0 Å². The van der Waals surface area contributed by atoms with Crippen LogP contribution < -0.4 is 10.2 Å². The monoisotopic (exact) mass is 300 g/mol. The molecule has 86 valence electrons. The van der Waals surface area contributed by atoms with Gasteiger partial charge in [0, 0.05) is 29.7 Å². The van der Waals surface area contributed by atoms with Crippen molar-refractivity contribution < 1.29 is 4.79 Å². The average molecular weight is 301 g/mol. The lowest BCUT2D eigenvalue weighted by atomic mass is 10.2. The minimum atomic E-state index is 0.138. The normalized spacial score (nSPS) is 20.3. The fraction of sp³-hybridized carbons (Fsp3) is 0.364. The van der Waals surface area contributed by atoms with E-state index in [1.54, 1.807) is 4.90 Å². The van der Waals surface area contributed by atoms with Crippen LogP contribution in [0.25, 0.3) is 0 Å². The first-order valence-electron chi connectivity index (χ1n) is 5.07. The standard InChI is InChI=1S/C11H13BrN2OS/c1-13-9-4-7(12)2-3-10(9)14-6-8(16)5-11(14)15/h2-4,8,13,16H,5-6H2,1H3. The Morgan fingerprint density at radius 2 is 2.31 bits per heavy atom. The molecule has 0 aromatic heterocycles. The van der Waals surface area contributed by atoms with E-state index in [0.717, 1.165) is 15.8 Å². The van der Waals surface area contributed by atoms with Gasteiger partial charge in [-0.15, -0.1) is 0 Å². The predicted octanol–water partition coefficient (Wildman–Crippen LogP) is 2.53. The number of benzene rings is 1. The predicted molar refractivity (Wildman–Crippen MR) is 73.4 cm³/mol. The van der Waals surface area contributed by atoms with Gasteiger partial charge in [0.2, 0.25) is 5.91 Å². The lowest BCUT2D eigenvalue weighted by Gasteiger charge is -2.20. The van der Waals surface area contributed by atoms with E-state index in [4.69, 9.17) is 0 Å². The Kier molecular flexibility index (Phi) is 3.44. The van der Waals surface area contributed by atoms with Crippen LogP contribution in [0.15, 0.2) is 22.7 Å². The lowest BCUT2D eigenvalue weighted by Crippen LogP contribution is -2.25. The van der Waals surface area contributed by atoms with E-state index in [-0.39, 0.29) is 11.2 Å². The molecule has 0 saturated carbocycles. The summed E-state index contributed by atoms with van der Waals surface area (Å²) >= 11 is 7.77. The number of amides is 1. The number of rotatable bonds is 2. The largest absolute Gasteiger partial charge is 0.386 e. The third-order valence-electron chi connectivity index (χ3n) is 2.62. The third-order valence-corrected chi connectivity index (χ3v) is 3.46. The van der Waals surface area contributed by atoms with Crippen molar-refractivity contribution in [2.24, 2.45) is 0 Å². The van der Waals surface area contributed by atoms with Crippen LogP contribution in [0.3, 0.4) is 0 Å². The fourth-order valence-electron chi connectivity index (χ4n) is 1.87. The Balaban J connectivity index is 2.36. The second-order valence-corrected chi connectivity index (χ2v) is 5.42. The minimum absolute atomic E-state index is 0.138. The number of halogens is 1. The number of nitrogens with zero attached hydrogens (tertiary/aromatic N) is 1. The molecule has 0 radical (unpaired) electrons. The third kappa shape index (κ3) is 2.20. The van der Waals surface area contributed by atoms with Gasteiger partial charge in [0.15, 0.2) is 0 Å². The van der Waals surface area contributed by atoms with E-state index in [2.05, 4.69) is 33.9 Å². The zero-order chi connectivity index (χ0) is 11.7. The molecule has 1 amide bonds. The van der Waals surface area contributed by atoms with Crippen molar-refractivity contribution in [2.45, 2.75) is 11.7 Å². The molecule has 3 nitrogen and oxygen atoms in total. The smallest absolute Gasteiger partial charge is 0.228 e. The summed E-state index contributed by atoms with van der Waals surface area (Å²) in [5.74, 6) is 0.138. The minimum Gasteiger partial charge on any atom is -0.386 e. The average Bonchev–Trinajstić information content (AvgIpc) is 2.57. The molecule has 1 unspecified atom stereocenters. The number of nitrogens with one attached hydrogen (secondary N) is 1. The Labute approximate surface area is 109 Å². The maximum absolute atomic E-state index is 11.8. The number of hydrogen-bond acceptors (Lipinski definition) is 3. The summed E-state index contributed by atoms with van der Waals surface area (Å²) in [6, 6.07) is 5.85. The Bertz CT molecular complexity index is 424. The number of thiol groups is 1. The van der Waals surface area contributed by atoms with E-state index in [1.165, 1.54) is 0 Å². The van der Waals surface area contributed by atoms with E-state index >= 15 is 0 Å². The summed E-state index contributed by atoms with van der Waals surface area (Å²) in [6.45, 7) is 0.679. The Morgan fingerprint density at radius 3 is 2.88 bits per heavy atom. The molecule has 16 heavy (non-hydrogen) atoms. The van der Waals surface area contributed by atoms with Crippen molar-refractivity contribution >= 4 is 45.8 Å². The van der Waals surface area contributed by atoms with Gasteiger partial charge in [-0.1, -0.05) is 15.9 Å². The molecule has 5 heteroatoms. The molecule has 0 spiro atoms. The first kappa shape index (κ1) is 11.8. The summed E-state index contributed by atoms with van der Waals surface area (Å²) in [5, 5.41) is 3.24. The Hall–Kier alpha value is -0.680. The molecule has 1 fully saturated rings. The SMILES string of the molecule is CNc1cc(Br)ccc1N1CC(S)CC1=O. The Morgan fingerprint density at radius 1 is 1.56 bits per heavy atom. The molecule has 2 rings (SSSR count). The van der Waals surface area contributed by atoms with Crippen molar-refractivity contribution in [3.05, 3.63) is 22.7 Å². The van der Waals surface area contributed by atoms with Crippen LogP contribution >= 0.6 is 28.6 Å². The van der Waals surface area contributed by atoms with Crippen LogP contribution in [-0.4, -0.2) is 24.7 Å². The molecule has 1 aliphatic rings. The molecule has 1 aromatic carbocycles. The first-order chi connectivity index (χ1) is 7.61. The highest BCUT2D eigenvalue weighted by Crippen LogP contribution is 2.32. The highest BCUT2D eigenvalue weighted by molar-refractivity contribution is 9.10. The van der Waals surface area contributed by atoms with Crippen LogP contribution in [0.1, 0.15) is 6.42 Å². The van der Waals surface area contributed by atoms with Gasteiger partial charge in [-0.2, -0.15) is 12.6 Å². The highest BCUT2D eigenvalue weighted by Gasteiger charge is 2.29. The van der Waals surface area contributed by atoms with E-state index in [0.29, 0.717) is 13.0 Å². The van der Waals surface area contributed by atoms with Gasteiger partial charge in [0.05, 0.1) is 11.4 Å². The fourth-order valence-corrected chi connectivity index (χ4v) is 2.55. The van der Waals surface area contributed by atoms with E-state index in [1.807, 2.05) is 25.2 Å². The molecule has 1 aromatic rings. The van der Waals surface area contributed by atoms with Crippen molar-refractivity contribution in [1.29, 1.82) is 0 Å². The summed E-state index contributed by atoms with van der Waals surface area (Å²) in [5.41, 5.74) is 1.87. The van der Waals surface area contributed by atoms with Gasteiger partial charge in [0.1, 0.15) is 0 Å². The summed E-state index contributed by atoms with van der Waals surface area (Å²) in [7, 11) is 1.85. The number of hydrogen-bond donors (Lipinski definition) is 2. The zero-order valence-corrected chi connectivity index (χ0v) is 11.4. The van der Waals surface area contributed by atoms with Crippen LogP contribution in [0, 0.1) is 0 Å². The molecule has 1 saturated heterocycles. The second-order valence-electron chi connectivity index (χ2n) is 3.77. The quantitative estimate of drug-likeness (QED) is 0.823. The van der Waals surface area contributed by atoms with Crippen LogP contribution in [-0.2, 0) is 4.79 Å². The second kappa shape index (κ2) is 4.67. The number of carbonyl (C=O) groups is 1. The van der Waals surface area contributed by atoms with Crippen LogP contribution in [0.2, 0.25) is 0 Å². The molecule has 1 N–H and O–H groups in total. The van der Waals surface area contributed by atoms with E-state index < -0.39 is 0 Å². The number of anilines is 2. The van der Waals surface area contributed by atoms with Crippen molar-refractivity contribution in [1.82, 2.24) is 0 Å². The molecule has 1 aliphatic heterocycles. The summed E-state index contributed by atoms with van der Waals surface area (Å²) in [4.78, 5) is 13.6. The maximum atomic E-state index is 11.8. The molecular formula is C11H13BrN2OS. The highest BCUT2D eigenvalue weighted by atomic mass is 79.9. The summed E-state index contributed by atoms with van der Waals surface area (Å²) < 4.78 is 0.995. The van der Waals surface area contributed by atoms with Crippen molar-refractivity contribution in [2.75, 3.05) is 23.8 Å². The van der Waals surface area contributed by atoms with Gasteiger partial charge < -0.3 is 10.2 Å². The van der Waals surface area contributed by atoms with Gasteiger partial charge in [-0.3, -0.25) is 4.79 Å².